The van der Waals surface area contributed by atoms with E-state index >= 15 is 0 Å². The maximum atomic E-state index is 13.6. The molecule has 1 N–H and O–H groups in total. The van der Waals surface area contributed by atoms with Gasteiger partial charge in [-0.15, -0.1) is 0 Å². The zero-order valence-electron chi connectivity index (χ0n) is 8.62. The molecular weight excluding hydrogens is 231 g/mol. The van der Waals surface area contributed by atoms with E-state index in [4.69, 9.17) is 16.7 Å². The molecule has 0 bridgehead atoms. The molecule has 1 aliphatic carbocycles. The summed E-state index contributed by atoms with van der Waals surface area (Å²) in [5.74, 6) is -1.47. The lowest BCUT2D eigenvalue weighted by Gasteiger charge is -2.33. The Bertz CT molecular complexity index is 419. The molecule has 1 aliphatic rings. The lowest BCUT2D eigenvalue weighted by molar-refractivity contribution is -0.147. The molecule has 0 saturated heterocycles. The zero-order chi connectivity index (χ0) is 11.7. The molecule has 1 aromatic carbocycles. The Kier molecular flexibility index (Phi) is 3.15. The summed E-state index contributed by atoms with van der Waals surface area (Å²) >= 11 is 5.67. The minimum absolute atomic E-state index is 0.0467. The largest absolute Gasteiger partial charge is 0.481 e. The van der Waals surface area contributed by atoms with Gasteiger partial charge in [0.15, 0.2) is 0 Å². The Hall–Kier alpha value is -1.09. The van der Waals surface area contributed by atoms with Crippen LogP contribution in [0.1, 0.15) is 18.4 Å². The van der Waals surface area contributed by atoms with Crippen LogP contribution >= 0.6 is 11.6 Å². The highest BCUT2D eigenvalue weighted by Crippen LogP contribution is 2.37. The van der Waals surface area contributed by atoms with Crippen molar-refractivity contribution >= 4 is 17.6 Å². The van der Waals surface area contributed by atoms with Gasteiger partial charge in [-0.2, -0.15) is 0 Å². The molecule has 86 valence electrons. The minimum atomic E-state index is -0.779. The van der Waals surface area contributed by atoms with Crippen molar-refractivity contribution in [2.24, 2.45) is 11.8 Å². The predicted octanol–water partition coefficient (Wildman–Crippen LogP) is 3.13. The van der Waals surface area contributed by atoms with Crippen molar-refractivity contribution in [2.75, 3.05) is 0 Å². The first-order chi connectivity index (χ1) is 7.59. The number of carbonyl (C=O) groups is 1. The fourth-order valence-corrected chi connectivity index (χ4v) is 2.32. The summed E-state index contributed by atoms with van der Waals surface area (Å²) in [5.41, 5.74) is 0.517. The van der Waals surface area contributed by atoms with Crippen LogP contribution in [0.5, 0.6) is 0 Å². The van der Waals surface area contributed by atoms with Gasteiger partial charge in [0.2, 0.25) is 0 Å². The Labute approximate surface area is 98.0 Å². The monoisotopic (exact) mass is 242 g/mol. The molecule has 2 atom stereocenters. The number of rotatable bonds is 3. The SMILES string of the molecule is O=C(O)C1CCC1Cc1cccc(Cl)c1F. The second-order valence-corrected chi connectivity index (χ2v) is 4.61. The first-order valence-corrected chi connectivity index (χ1v) is 5.63. The second-order valence-electron chi connectivity index (χ2n) is 4.20. The number of carboxylic acids is 1. The molecule has 1 fully saturated rings. The van der Waals surface area contributed by atoms with E-state index in [0.717, 1.165) is 6.42 Å². The molecular formula is C12H12ClFO2. The average molecular weight is 243 g/mol. The maximum Gasteiger partial charge on any atom is 0.306 e. The van der Waals surface area contributed by atoms with E-state index in [9.17, 15) is 9.18 Å². The van der Waals surface area contributed by atoms with E-state index in [1.165, 1.54) is 6.07 Å². The van der Waals surface area contributed by atoms with Gasteiger partial charge in [0.1, 0.15) is 5.82 Å². The summed E-state index contributed by atoms with van der Waals surface area (Å²) in [4.78, 5) is 10.8. The third-order valence-electron chi connectivity index (χ3n) is 3.25. The molecule has 0 heterocycles. The van der Waals surface area contributed by atoms with Gasteiger partial charge >= 0.3 is 5.97 Å². The smallest absolute Gasteiger partial charge is 0.306 e. The topological polar surface area (TPSA) is 37.3 Å². The van der Waals surface area contributed by atoms with E-state index < -0.39 is 11.8 Å². The zero-order valence-corrected chi connectivity index (χ0v) is 9.38. The molecule has 1 aromatic rings. The van der Waals surface area contributed by atoms with Crippen LogP contribution < -0.4 is 0 Å². The first-order valence-electron chi connectivity index (χ1n) is 5.25. The highest BCUT2D eigenvalue weighted by atomic mass is 35.5. The minimum Gasteiger partial charge on any atom is -0.481 e. The fraction of sp³-hybridized carbons (Fsp3) is 0.417. The summed E-state index contributed by atoms with van der Waals surface area (Å²) in [6.07, 6.45) is 2.01. The van der Waals surface area contributed by atoms with Gasteiger partial charge in [-0.05, 0) is 36.8 Å². The summed E-state index contributed by atoms with van der Waals surface area (Å²) < 4.78 is 13.6. The number of benzene rings is 1. The van der Waals surface area contributed by atoms with E-state index in [0.29, 0.717) is 18.4 Å². The van der Waals surface area contributed by atoms with Crippen LogP contribution in [-0.2, 0) is 11.2 Å². The van der Waals surface area contributed by atoms with E-state index in [-0.39, 0.29) is 16.9 Å². The molecule has 0 aliphatic heterocycles. The van der Waals surface area contributed by atoms with Crippen molar-refractivity contribution in [3.63, 3.8) is 0 Å². The highest BCUT2D eigenvalue weighted by Gasteiger charge is 2.36. The summed E-state index contributed by atoms with van der Waals surface area (Å²) in [6.45, 7) is 0. The molecule has 0 spiro atoms. The van der Waals surface area contributed by atoms with Crippen LogP contribution in [0.15, 0.2) is 18.2 Å². The molecule has 2 rings (SSSR count). The van der Waals surface area contributed by atoms with E-state index in [1.807, 2.05) is 0 Å². The normalized spacial score (nSPS) is 23.9. The quantitative estimate of drug-likeness (QED) is 0.884. The second kappa shape index (κ2) is 4.42. The molecule has 1 saturated carbocycles. The van der Waals surface area contributed by atoms with Gasteiger partial charge in [0.05, 0.1) is 10.9 Å². The van der Waals surface area contributed by atoms with Crippen molar-refractivity contribution in [3.8, 4) is 0 Å². The third kappa shape index (κ3) is 2.05. The molecule has 16 heavy (non-hydrogen) atoms. The standard InChI is InChI=1S/C12H12ClFO2/c13-10-3-1-2-8(11(10)14)6-7-4-5-9(7)12(15)16/h1-3,7,9H,4-6H2,(H,15,16). The number of carboxylic acid groups (broad SMARTS) is 1. The van der Waals surface area contributed by atoms with Gasteiger partial charge < -0.3 is 5.11 Å². The first kappa shape index (κ1) is 11.4. The highest BCUT2D eigenvalue weighted by molar-refractivity contribution is 6.30. The van der Waals surface area contributed by atoms with Crippen LogP contribution in [0.25, 0.3) is 0 Å². The Morgan fingerprint density at radius 1 is 1.50 bits per heavy atom. The number of aliphatic carboxylic acids is 1. The van der Waals surface area contributed by atoms with Crippen molar-refractivity contribution in [2.45, 2.75) is 19.3 Å². The van der Waals surface area contributed by atoms with E-state index in [1.54, 1.807) is 12.1 Å². The van der Waals surface area contributed by atoms with Gasteiger partial charge in [-0.1, -0.05) is 23.7 Å². The molecule has 0 amide bonds. The van der Waals surface area contributed by atoms with Crippen LogP contribution in [0.2, 0.25) is 5.02 Å². The number of hydrogen-bond donors (Lipinski definition) is 1. The number of halogens is 2. The van der Waals surface area contributed by atoms with Crippen LogP contribution in [-0.4, -0.2) is 11.1 Å². The molecule has 0 radical (unpaired) electrons. The van der Waals surface area contributed by atoms with Gasteiger partial charge in [-0.25, -0.2) is 4.39 Å². The average Bonchev–Trinajstić information content (AvgIpc) is 2.17. The third-order valence-corrected chi connectivity index (χ3v) is 3.54. The Balaban J connectivity index is 2.10. The van der Waals surface area contributed by atoms with Crippen molar-refractivity contribution in [3.05, 3.63) is 34.6 Å². The summed E-state index contributed by atoms with van der Waals surface area (Å²) in [5, 5.41) is 8.99. The summed E-state index contributed by atoms with van der Waals surface area (Å²) in [6, 6.07) is 4.85. The molecule has 2 unspecified atom stereocenters. The Morgan fingerprint density at radius 2 is 2.25 bits per heavy atom. The van der Waals surface area contributed by atoms with Gasteiger partial charge in [-0.3, -0.25) is 4.79 Å². The van der Waals surface area contributed by atoms with Gasteiger partial charge in [0.25, 0.3) is 0 Å². The predicted molar refractivity (Wildman–Crippen MR) is 59.0 cm³/mol. The molecule has 0 aromatic heterocycles. The van der Waals surface area contributed by atoms with Gasteiger partial charge in [0, 0.05) is 0 Å². The lowest BCUT2D eigenvalue weighted by Crippen LogP contribution is -2.34. The van der Waals surface area contributed by atoms with E-state index in [2.05, 4.69) is 0 Å². The molecule has 4 heteroatoms. The van der Waals surface area contributed by atoms with Crippen LogP contribution in [0, 0.1) is 17.7 Å². The van der Waals surface area contributed by atoms with Crippen LogP contribution in [0.3, 0.4) is 0 Å². The van der Waals surface area contributed by atoms with Crippen LogP contribution in [0.4, 0.5) is 4.39 Å². The molecule has 2 nitrogen and oxygen atoms in total. The fourth-order valence-electron chi connectivity index (χ4n) is 2.13. The Morgan fingerprint density at radius 3 is 2.81 bits per heavy atom. The van der Waals surface area contributed by atoms with Crippen molar-refractivity contribution in [1.29, 1.82) is 0 Å². The van der Waals surface area contributed by atoms with Crippen molar-refractivity contribution in [1.82, 2.24) is 0 Å². The maximum absolute atomic E-state index is 13.6. The lowest BCUT2D eigenvalue weighted by atomic mass is 9.71. The van der Waals surface area contributed by atoms with Crippen molar-refractivity contribution < 1.29 is 14.3 Å². The summed E-state index contributed by atoms with van der Waals surface area (Å²) in [7, 11) is 0. The number of hydrogen-bond acceptors (Lipinski definition) is 1.